The minimum atomic E-state index is -0.432. The molecular weight excluding hydrogens is 524 g/mol. The van der Waals surface area contributed by atoms with Crippen molar-refractivity contribution in [2.24, 2.45) is 0 Å². The van der Waals surface area contributed by atoms with Crippen molar-refractivity contribution in [3.63, 3.8) is 0 Å². The number of aryl methyl sites for hydroxylation is 4. The molecule has 1 aliphatic heterocycles. The molecule has 5 aromatic rings. The summed E-state index contributed by atoms with van der Waals surface area (Å²) in [5, 5.41) is 9.89. The van der Waals surface area contributed by atoms with Gasteiger partial charge in [-0.2, -0.15) is 0 Å². The Hall–Kier alpha value is -3.09. The van der Waals surface area contributed by atoms with Gasteiger partial charge in [-0.1, -0.05) is 109 Å². The summed E-state index contributed by atoms with van der Waals surface area (Å²) in [6, 6.07) is 40.7. The van der Waals surface area contributed by atoms with Crippen molar-refractivity contribution in [3.05, 3.63) is 139 Å². The summed E-state index contributed by atoms with van der Waals surface area (Å²) >= 11 is 0. The van der Waals surface area contributed by atoms with Gasteiger partial charge in [-0.15, -0.1) is 0 Å². The van der Waals surface area contributed by atoms with E-state index in [2.05, 4.69) is 142 Å². The van der Waals surface area contributed by atoms with Crippen molar-refractivity contribution in [1.82, 2.24) is 9.88 Å². The third kappa shape index (κ3) is 6.61. The molecule has 40 heavy (non-hydrogen) atoms. The van der Waals surface area contributed by atoms with Crippen molar-refractivity contribution < 1.29 is 4.57 Å². The number of hydrogen-bond acceptors (Lipinski definition) is 1. The predicted octanol–water partition coefficient (Wildman–Crippen LogP) is 4.73. The maximum absolute atomic E-state index is 3.88. The normalized spacial score (nSPS) is 18.6. The topological polar surface area (TPSA) is 20.8 Å². The van der Waals surface area contributed by atoms with Crippen LogP contribution in [0.5, 0.6) is 0 Å². The fourth-order valence-electron chi connectivity index (χ4n) is 5.67. The molecule has 2 bridgehead atoms. The van der Waals surface area contributed by atoms with E-state index >= 15 is 0 Å². The SMILES string of the molecule is c1ccc([P@@]2CCNCC[P@](c3ccccc3)c3ccccc3CC[n+]3ccn(c3)CCc3ccccc32)cc1. The number of hydrogen-bond donors (Lipinski definition) is 1. The van der Waals surface area contributed by atoms with E-state index < -0.39 is 15.8 Å². The van der Waals surface area contributed by atoms with Crippen LogP contribution < -0.4 is 31.1 Å². The Morgan fingerprint density at radius 1 is 0.600 bits per heavy atom. The Labute approximate surface area is 241 Å². The Kier molecular flexibility index (Phi) is 9.15. The van der Waals surface area contributed by atoms with E-state index in [1.54, 1.807) is 0 Å². The lowest BCUT2D eigenvalue weighted by Crippen LogP contribution is -2.33. The maximum atomic E-state index is 3.88. The number of imidazole rings is 1. The van der Waals surface area contributed by atoms with Gasteiger partial charge in [-0.3, -0.25) is 0 Å². The lowest BCUT2D eigenvalue weighted by Gasteiger charge is -2.24. The first kappa shape index (κ1) is 27.1. The van der Waals surface area contributed by atoms with Crippen LogP contribution in [0.15, 0.2) is 128 Å². The number of aromatic nitrogens is 2. The van der Waals surface area contributed by atoms with Gasteiger partial charge in [0.15, 0.2) is 0 Å². The van der Waals surface area contributed by atoms with Gasteiger partial charge in [0, 0.05) is 12.8 Å². The zero-order valence-corrected chi connectivity index (χ0v) is 24.9. The van der Waals surface area contributed by atoms with Crippen LogP contribution in [-0.2, 0) is 25.9 Å². The number of nitrogens with one attached hydrogen (secondary N) is 1. The molecule has 3 nitrogen and oxygen atoms in total. The summed E-state index contributed by atoms with van der Waals surface area (Å²) in [5.74, 6) is 0. The van der Waals surface area contributed by atoms with Gasteiger partial charge in [-0.05, 0) is 73.6 Å². The van der Waals surface area contributed by atoms with Crippen molar-refractivity contribution in [1.29, 1.82) is 0 Å². The van der Waals surface area contributed by atoms with Gasteiger partial charge in [0.2, 0.25) is 6.33 Å². The van der Waals surface area contributed by atoms with Crippen LogP contribution in [0.3, 0.4) is 0 Å². The third-order valence-corrected chi connectivity index (χ3v) is 13.0. The maximum Gasteiger partial charge on any atom is 0.243 e. The van der Waals surface area contributed by atoms with Gasteiger partial charge in [-0.25, -0.2) is 9.13 Å². The molecule has 0 amide bonds. The molecule has 1 aliphatic rings. The van der Waals surface area contributed by atoms with Crippen LogP contribution in [-0.4, -0.2) is 30.0 Å². The summed E-state index contributed by atoms with van der Waals surface area (Å²) in [7, 11) is -0.864. The summed E-state index contributed by atoms with van der Waals surface area (Å²) < 4.78 is 4.71. The molecule has 4 aromatic carbocycles. The molecule has 0 saturated carbocycles. The van der Waals surface area contributed by atoms with E-state index in [1.165, 1.54) is 32.3 Å². The van der Waals surface area contributed by atoms with Gasteiger partial charge >= 0.3 is 0 Å². The Morgan fingerprint density at radius 3 is 1.73 bits per heavy atom. The first-order valence-corrected chi connectivity index (χ1v) is 17.5. The lowest BCUT2D eigenvalue weighted by molar-refractivity contribution is -0.696. The molecule has 1 N–H and O–H groups in total. The van der Waals surface area contributed by atoms with Gasteiger partial charge in [0.1, 0.15) is 12.4 Å². The molecule has 0 radical (unpaired) electrons. The van der Waals surface area contributed by atoms with Gasteiger partial charge in [0.25, 0.3) is 0 Å². The summed E-state index contributed by atoms with van der Waals surface area (Å²) in [6.45, 7) is 4.06. The van der Waals surface area contributed by atoms with Crippen LogP contribution in [0.1, 0.15) is 11.1 Å². The van der Waals surface area contributed by atoms with Crippen molar-refractivity contribution in [2.45, 2.75) is 25.9 Å². The molecule has 2 atom stereocenters. The van der Waals surface area contributed by atoms with Crippen LogP contribution in [0.4, 0.5) is 0 Å². The molecule has 1 aromatic heterocycles. The third-order valence-electron chi connectivity index (χ3n) is 7.75. The summed E-state index contributed by atoms with van der Waals surface area (Å²) in [4.78, 5) is 0. The molecular formula is C35H38N3P2+. The highest BCUT2D eigenvalue weighted by Crippen LogP contribution is 2.36. The number of fused-ring (bicyclic) bond motifs is 4. The average Bonchev–Trinajstić information content (AvgIpc) is 3.48. The van der Waals surface area contributed by atoms with E-state index in [4.69, 9.17) is 0 Å². The molecule has 0 aliphatic carbocycles. The molecule has 6 rings (SSSR count). The Morgan fingerprint density at radius 2 is 1.12 bits per heavy atom. The molecule has 5 heteroatoms. The van der Waals surface area contributed by atoms with Crippen LogP contribution in [0, 0.1) is 0 Å². The minimum Gasteiger partial charge on any atom is -0.316 e. The van der Waals surface area contributed by atoms with Crippen molar-refractivity contribution in [2.75, 3.05) is 25.4 Å². The van der Waals surface area contributed by atoms with Crippen molar-refractivity contribution >= 4 is 37.1 Å². The fraction of sp³-hybridized carbons (Fsp3) is 0.229. The standard InChI is InChI=1S/C35H38N3P2/c1-3-13-32(14-4-1)39-27-21-36-22-28-40(33-15-5-2-6-16-33)35-18-10-8-12-31(35)20-24-38-26-25-37(29-38)23-19-30-11-7-9-17-34(30)39/h1-18,25-26,29,36H,19-24,27-28H2/q+1/t39-,40-/m1/s1. The first-order valence-electron chi connectivity index (χ1n) is 14.4. The quantitative estimate of drug-likeness (QED) is 0.244. The van der Waals surface area contributed by atoms with E-state index in [-0.39, 0.29) is 0 Å². The van der Waals surface area contributed by atoms with Gasteiger partial charge < -0.3 is 5.32 Å². The number of rotatable bonds is 2. The Bertz CT molecular complexity index is 1390. The van der Waals surface area contributed by atoms with Crippen molar-refractivity contribution in [3.8, 4) is 0 Å². The molecule has 0 saturated heterocycles. The predicted molar refractivity (Wildman–Crippen MR) is 173 cm³/mol. The lowest BCUT2D eigenvalue weighted by atomic mass is 10.1. The fourth-order valence-corrected chi connectivity index (χ4v) is 10.7. The van der Waals surface area contributed by atoms with E-state index in [1.807, 2.05) is 0 Å². The van der Waals surface area contributed by atoms with E-state index in [0.717, 1.165) is 51.3 Å². The smallest absolute Gasteiger partial charge is 0.243 e. The Balaban J connectivity index is 1.33. The summed E-state index contributed by atoms with van der Waals surface area (Å²) in [5.41, 5.74) is 2.97. The average molecular weight is 563 g/mol. The number of nitrogens with zero attached hydrogens (tertiary/aromatic N) is 2. The zero-order valence-electron chi connectivity index (χ0n) is 23.1. The molecule has 0 fully saturated rings. The number of benzene rings is 4. The van der Waals surface area contributed by atoms with Crippen LogP contribution in [0.2, 0.25) is 0 Å². The molecule has 0 spiro atoms. The highest BCUT2D eigenvalue weighted by molar-refractivity contribution is 7.73. The minimum absolute atomic E-state index is 0.432. The van der Waals surface area contributed by atoms with Crippen LogP contribution in [0.25, 0.3) is 0 Å². The summed E-state index contributed by atoms with van der Waals surface area (Å²) in [6.07, 6.45) is 11.2. The van der Waals surface area contributed by atoms with E-state index in [9.17, 15) is 0 Å². The largest absolute Gasteiger partial charge is 0.316 e. The first-order chi connectivity index (χ1) is 19.8. The second-order valence-corrected chi connectivity index (χ2v) is 15.0. The molecule has 2 heterocycles. The molecule has 0 unspecified atom stereocenters. The second kappa shape index (κ2) is 13.5. The molecule has 202 valence electrons. The highest BCUT2D eigenvalue weighted by Gasteiger charge is 2.20. The second-order valence-electron chi connectivity index (χ2n) is 10.4. The zero-order chi connectivity index (χ0) is 27.0. The van der Waals surface area contributed by atoms with E-state index in [0.29, 0.717) is 0 Å². The van der Waals surface area contributed by atoms with Gasteiger partial charge in [0.05, 0.1) is 13.1 Å². The highest BCUT2D eigenvalue weighted by atomic mass is 31.1. The monoisotopic (exact) mass is 562 g/mol. The van der Waals surface area contributed by atoms with Crippen LogP contribution >= 0.6 is 15.8 Å².